The summed E-state index contributed by atoms with van der Waals surface area (Å²) in [5, 5.41) is 6.34. The molecule has 0 N–H and O–H groups in total. The van der Waals surface area contributed by atoms with Gasteiger partial charge in [0.15, 0.2) is 0 Å². The third-order valence-corrected chi connectivity index (χ3v) is 2.75. The lowest BCUT2D eigenvalue weighted by atomic mass is 9.95. The Morgan fingerprint density at radius 1 is 1.19 bits per heavy atom. The Hall–Kier alpha value is -1.31. The maximum atomic E-state index is 4.48. The van der Waals surface area contributed by atoms with Crippen LogP contribution in [0.1, 0.15) is 37.5 Å². The van der Waals surface area contributed by atoms with E-state index < -0.39 is 0 Å². The van der Waals surface area contributed by atoms with Gasteiger partial charge >= 0.3 is 0 Å². The van der Waals surface area contributed by atoms with Gasteiger partial charge in [-0.1, -0.05) is 32.0 Å². The lowest BCUT2D eigenvalue weighted by molar-refractivity contribution is 0.438. The number of hydrogen-bond acceptors (Lipinski definition) is 2. The summed E-state index contributed by atoms with van der Waals surface area (Å²) in [4.78, 5) is 0. The van der Waals surface area contributed by atoms with Gasteiger partial charge in [-0.3, -0.25) is 0 Å². The molecule has 0 saturated heterocycles. The van der Waals surface area contributed by atoms with Gasteiger partial charge in [-0.25, -0.2) is 0 Å². The van der Waals surface area contributed by atoms with Crippen molar-refractivity contribution in [3.8, 4) is 0 Å². The number of rotatable bonds is 4. The molecule has 0 bridgehead atoms. The van der Waals surface area contributed by atoms with Crippen molar-refractivity contribution >= 4 is 5.71 Å². The highest BCUT2D eigenvalue weighted by Crippen LogP contribution is 2.17. The van der Waals surface area contributed by atoms with Gasteiger partial charge in [0.05, 0.1) is 5.71 Å². The molecule has 2 heteroatoms. The Morgan fingerprint density at radius 3 is 2.38 bits per heavy atom. The second-order valence-electron chi connectivity index (χ2n) is 4.18. The van der Waals surface area contributed by atoms with Gasteiger partial charge < -0.3 is 5.01 Å². The first-order chi connectivity index (χ1) is 7.60. The summed E-state index contributed by atoms with van der Waals surface area (Å²) in [6, 6.07) is 6.51. The maximum Gasteiger partial charge on any atom is 0.0649 e. The Labute approximate surface area is 99.0 Å². The van der Waals surface area contributed by atoms with Crippen LogP contribution in [0.15, 0.2) is 23.3 Å². The van der Waals surface area contributed by atoms with E-state index >= 15 is 0 Å². The first-order valence-corrected chi connectivity index (χ1v) is 5.93. The molecule has 0 aliphatic carbocycles. The maximum absolute atomic E-state index is 4.48. The van der Waals surface area contributed by atoms with Gasteiger partial charge in [0.25, 0.3) is 0 Å². The lowest BCUT2D eigenvalue weighted by Gasteiger charge is -2.14. The van der Waals surface area contributed by atoms with Crippen LogP contribution in [0.4, 0.5) is 0 Å². The highest BCUT2D eigenvalue weighted by atomic mass is 15.4. The Balaban J connectivity index is 3.22. The van der Waals surface area contributed by atoms with Crippen molar-refractivity contribution in [3.05, 3.63) is 34.9 Å². The fraction of sp³-hybridized carbons (Fsp3) is 0.500. The molecule has 88 valence electrons. The minimum Gasteiger partial charge on any atom is -0.303 e. The van der Waals surface area contributed by atoms with Gasteiger partial charge in [0.1, 0.15) is 0 Å². The molecule has 0 aliphatic rings. The van der Waals surface area contributed by atoms with Crippen molar-refractivity contribution in [2.45, 2.75) is 33.6 Å². The van der Waals surface area contributed by atoms with Crippen LogP contribution in [0.3, 0.4) is 0 Å². The molecule has 0 amide bonds. The van der Waals surface area contributed by atoms with E-state index in [1.165, 1.54) is 16.7 Å². The summed E-state index contributed by atoms with van der Waals surface area (Å²) in [5.41, 5.74) is 5.26. The second kappa shape index (κ2) is 5.69. The summed E-state index contributed by atoms with van der Waals surface area (Å²) in [7, 11) is 3.91. The molecular weight excluding hydrogens is 196 g/mol. The van der Waals surface area contributed by atoms with Crippen LogP contribution in [-0.2, 0) is 12.8 Å². The summed E-state index contributed by atoms with van der Waals surface area (Å²) in [6.45, 7) is 6.49. The van der Waals surface area contributed by atoms with Crippen LogP contribution in [0, 0.1) is 0 Å². The van der Waals surface area contributed by atoms with Crippen molar-refractivity contribution in [2.24, 2.45) is 5.10 Å². The van der Waals surface area contributed by atoms with Crippen LogP contribution in [0.5, 0.6) is 0 Å². The van der Waals surface area contributed by atoms with E-state index in [1.807, 2.05) is 19.1 Å². The van der Waals surface area contributed by atoms with Crippen LogP contribution in [0.2, 0.25) is 0 Å². The SMILES string of the molecule is CCc1cccc(/C(C)=N/N(C)C)c1CC. The predicted octanol–water partition coefficient (Wildman–Crippen LogP) is 3.10. The van der Waals surface area contributed by atoms with Crippen LogP contribution < -0.4 is 0 Å². The average Bonchev–Trinajstić information content (AvgIpc) is 2.26. The average molecular weight is 218 g/mol. The third kappa shape index (κ3) is 2.84. The first-order valence-electron chi connectivity index (χ1n) is 5.93. The van der Waals surface area contributed by atoms with Gasteiger partial charge in [-0.2, -0.15) is 5.10 Å². The molecule has 0 fully saturated rings. The molecule has 16 heavy (non-hydrogen) atoms. The predicted molar refractivity (Wildman–Crippen MR) is 71.1 cm³/mol. The summed E-state index contributed by atoms with van der Waals surface area (Å²) < 4.78 is 0. The number of nitrogens with zero attached hydrogens (tertiary/aromatic N) is 2. The zero-order valence-corrected chi connectivity index (χ0v) is 11.0. The van der Waals surface area contributed by atoms with E-state index in [0.29, 0.717) is 0 Å². The first kappa shape index (κ1) is 12.8. The molecule has 1 aromatic carbocycles. The number of aryl methyl sites for hydroxylation is 1. The summed E-state index contributed by atoms with van der Waals surface area (Å²) >= 11 is 0. The lowest BCUT2D eigenvalue weighted by Crippen LogP contribution is -2.10. The van der Waals surface area contributed by atoms with Crippen molar-refractivity contribution in [3.63, 3.8) is 0 Å². The van der Waals surface area contributed by atoms with Crippen molar-refractivity contribution in [1.82, 2.24) is 5.01 Å². The molecule has 2 nitrogen and oxygen atoms in total. The van der Waals surface area contributed by atoms with E-state index in [2.05, 4.69) is 44.1 Å². The van der Waals surface area contributed by atoms with Crippen LogP contribution in [0.25, 0.3) is 0 Å². The van der Waals surface area contributed by atoms with E-state index in [0.717, 1.165) is 18.6 Å². The van der Waals surface area contributed by atoms with E-state index in [-0.39, 0.29) is 0 Å². The van der Waals surface area contributed by atoms with Crippen LogP contribution in [-0.4, -0.2) is 24.8 Å². The zero-order chi connectivity index (χ0) is 12.1. The smallest absolute Gasteiger partial charge is 0.0649 e. The standard InChI is InChI=1S/C14H22N2/c1-6-12-9-8-10-14(13(12)7-2)11(3)15-16(4)5/h8-10H,6-7H2,1-5H3/b15-11+. The minimum absolute atomic E-state index is 1.07. The fourth-order valence-corrected chi connectivity index (χ4v) is 2.08. The van der Waals surface area contributed by atoms with E-state index in [1.54, 1.807) is 0 Å². The summed E-state index contributed by atoms with van der Waals surface area (Å²) in [5.74, 6) is 0. The zero-order valence-electron chi connectivity index (χ0n) is 11.0. The van der Waals surface area contributed by atoms with Crippen molar-refractivity contribution in [2.75, 3.05) is 14.1 Å². The Kier molecular flexibility index (Phi) is 4.53. The van der Waals surface area contributed by atoms with Crippen molar-refractivity contribution in [1.29, 1.82) is 0 Å². The minimum atomic E-state index is 1.07. The molecular formula is C14H22N2. The monoisotopic (exact) mass is 218 g/mol. The molecule has 1 rings (SSSR count). The van der Waals surface area contributed by atoms with Gasteiger partial charge in [0.2, 0.25) is 0 Å². The van der Waals surface area contributed by atoms with Crippen molar-refractivity contribution < 1.29 is 0 Å². The topological polar surface area (TPSA) is 15.6 Å². The van der Waals surface area contributed by atoms with E-state index in [4.69, 9.17) is 0 Å². The number of hydrogen-bond donors (Lipinski definition) is 0. The molecule has 0 radical (unpaired) electrons. The molecule has 1 aromatic rings. The quantitative estimate of drug-likeness (QED) is 0.560. The molecule has 0 aromatic heterocycles. The fourth-order valence-electron chi connectivity index (χ4n) is 2.08. The number of hydrazone groups is 1. The molecule has 0 unspecified atom stereocenters. The molecule has 0 aliphatic heterocycles. The van der Waals surface area contributed by atoms with E-state index in [9.17, 15) is 0 Å². The summed E-state index contributed by atoms with van der Waals surface area (Å²) in [6.07, 6.45) is 2.16. The molecule has 0 heterocycles. The highest BCUT2D eigenvalue weighted by molar-refractivity contribution is 6.00. The van der Waals surface area contributed by atoms with Gasteiger partial charge in [0, 0.05) is 19.7 Å². The van der Waals surface area contributed by atoms with Crippen LogP contribution >= 0.6 is 0 Å². The molecule has 0 saturated carbocycles. The van der Waals surface area contributed by atoms with Gasteiger partial charge in [-0.15, -0.1) is 0 Å². The molecule has 0 atom stereocenters. The van der Waals surface area contributed by atoms with Gasteiger partial charge in [-0.05, 0) is 30.9 Å². The Bertz CT molecular complexity index is 378. The normalized spacial score (nSPS) is 11.7. The molecule has 0 spiro atoms. The largest absolute Gasteiger partial charge is 0.303 e. The second-order valence-corrected chi connectivity index (χ2v) is 4.18. The Morgan fingerprint density at radius 2 is 1.88 bits per heavy atom. The number of benzene rings is 1. The highest BCUT2D eigenvalue weighted by Gasteiger charge is 2.07. The third-order valence-electron chi connectivity index (χ3n) is 2.75.